The van der Waals surface area contributed by atoms with Crippen molar-refractivity contribution in [3.8, 4) is 0 Å². The predicted octanol–water partition coefficient (Wildman–Crippen LogP) is 13.4. The summed E-state index contributed by atoms with van der Waals surface area (Å²) in [6.45, 7) is 2.64. The van der Waals surface area contributed by atoms with Crippen LogP contribution in [-0.2, 0) is 0 Å². The van der Waals surface area contributed by atoms with Crippen molar-refractivity contribution >= 4 is 0 Å². The lowest BCUT2D eigenvalue weighted by molar-refractivity contribution is -0.0908. The maximum Gasteiger partial charge on any atom is 0.0136 e. The van der Waals surface area contributed by atoms with Gasteiger partial charge >= 0.3 is 0 Å². The highest BCUT2D eigenvalue weighted by molar-refractivity contribution is 5.16. The zero-order chi connectivity index (χ0) is 35.2. The Morgan fingerprint density at radius 3 is 1.66 bits per heavy atom. The fourth-order valence-electron chi connectivity index (χ4n) is 18.9. The summed E-state index contributed by atoms with van der Waals surface area (Å²) in [7, 11) is 0. The second kappa shape index (κ2) is 16.6. The molecular formula is C51H86N2. The molecule has 1 heterocycles. The van der Waals surface area contributed by atoms with Crippen molar-refractivity contribution in [2.45, 2.75) is 230 Å². The second-order valence-corrected chi connectivity index (χ2v) is 22.7. The third-order valence-electron chi connectivity index (χ3n) is 20.7. The number of hydrogen-bond donors (Lipinski definition) is 1. The first-order chi connectivity index (χ1) is 26.3. The quantitative estimate of drug-likeness (QED) is 0.268. The van der Waals surface area contributed by atoms with Gasteiger partial charge in [-0.1, -0.05) is 103 Å². The lowest BCUT2D eigenvalue weighted by Gasteiger charge is -2.58. The molecule has 1 N–H and O–H groups in total. The molecule has 0 bridgehead atoms. The Morgan fingerprint density at radius 2 is 0.943 bits per heavy atom. The molecule has 0 aromatic carbocycles. The van der Waals surface area contributed by atoms with Gasteiger partial charge in [-0.25, -0.2) is 0 Å². The SMILES string of the molecule is C1CCC(CNCC2CCCC(N3C4CC(C5CCCCC5)CCC4C4CCC(C5(C6CCCCC6)C6CCCCC6C6CCCCC65)CC43)C2)CC1. The van der Waals surface area contributed by atoms with E-state index in [1.807, 2.05) is 0 Å². The number of hydrogen-bond acceptors (Lipinski definition) is 2. The topological polar surface area (TPSA) is 15.3 Å². The molecular weight excluding hydrogens is 641 g/mol. The summed E-state index contributed by atoms with van der Waals surface area (Å²) in [5, 5.41) is 4.12. The van der Waals surface area contributed by atoms with Crippen molar-refractivity contribution in [3.63, 3.8) is 0 Å². The normalized spacial score (nSPS) is 47.8. The third-order valence-corrected chi connectivity index (χ3v) is 20.7. The Hall–Kier alpha value is -0.0800. The minimum atomic E-state index is 0.726. The van der Waals surface area contributed by atoms with E-state index in [0.29, 0.717) is 0 Å². The zero-order valence-corrected chi connectivity index (χ0v) is 34.9. The highest BCUT2D eigenvalue weighted by Crippen LogP contribution is 2.72. The van der Waals surface area contributed by atoms with E-state index in [1.54, 1.807) is 135 Å². The first-order valence-electron chi connectivity index (χ1n) is 25.8. The summed E-state index contributed by atoms with van der Waals surface area (Å²) in [5.41, 5.74) is 0.726. The highest BCUT2D eigenvalue weighted by atomic mass is 15.3. The number of nitrogens with zero attached hydrogens (tertiary/aromatic N) is 1. The van der Waals surface area contributed by atoms with E-state index in [-0.39, 0.29) is 0 Å². The van der Waals surface area contributed by atoms with Crippen molar-refractivity contribution in [2.75, 3.05) is 13.1 Å². The number of rotatable bonds is 8. The van der Waals surface area contributed by atoms with Crippen molar-refractivity contribution in [1.29, 1.82) is 0 Å². The van der Waals surface area contributed by atoms with Crippen molar-refractivity contribution < 1.29 is 0 Å². The van der Waals surface area contributed by atoms with E-state index in [9.17, 15) is 0 Å². The number of likely N-dealkylation sites (tertiary alicyclic amines) is 1. The summed E-state index contributed by atoms with van der Waals surface area (Å²) >= 11 is 0. The maximum atomic E-state index is 4.12. The highest BCUT2D eigenvalue weighted by Gasteiger charge is 2.67. The summed E-state index contributed by atoms with van der Waals surface area (Å²) in [6, 6.07) is 2.79. The molecule has 1 saturated heterocycles. The lowest BCUT2D eigenvalue weighted by atomic mass is 9.48. The molecule has 0 aromatic heterocycles. The van der Waals surface area contributed by atoms with Gasteiger partial charge in [0.05, 0.1) is 0 Å². The van der Waals surface area contributed by atoms with Gasteiger partial charge in [0.2, 0.25) is 0 Å². The van der Waals surface area contributed by atoms with E-state index in [1.165, 1.54) is 90.1 Å². The van der Waals surface area contributed by atoms with Gasteiger partial charge in [-0.3, -0.25) is 4.90 Å². The minimum Gasteiger partial charge on any atom is -0.316 e. The maximum absolute atomic E-state index is 4.12. The molecule has 0 spiro atoms. The molecule has 300 valence electrons. The smallest absolute Gasteiger partial charge is 0.0136 e. The monoisotopic (exact) mass is 727 g/mol. The summed E-state index contributed by atoms with van der Waals surface area (Å²) in [5.74, 6) is 12.7. The van der Waals surface area contributed by atoms with Gasteiger partial charge in [0, 0.05) is 18.1 Å². The van der Waals surface area contributed by atoms with E-state index in [4.69, 9.17) is 0 Å². The first-order valence-corrected chi connectivity index (χ1v) is 25.8. The lowest BCUT2D eigenvalue weighted by Crippen LogP contribution is -2.54. The Morgan fingerprint density at radius 1 is 0.377 bits per heavy atom. The predicted molar refractivity (Wildman–Crippen MR) is 223 cm³/mol. The largest absolute Gasteiger partial charge is 0.316 e. The molecule has 1 aliphatic heterocycles. The Balaban J connectivity index is 0.942. The molecule has 12 atom stereocenters. The molecule has 2 nitrogen and oxygen atoms in total. The number of nitrogens with one attached hydrogen (secondary N) is 1. The molecule has 53 heavy (non-hydrogen) atoms. The third kappa shape index (κ3) is 7.00. The van der Waals surface area contributed by atoms with Crippen LogP contribution >= 0.6 is 0 Å². The average molecular weight is 727 g/mol. The molecule has 10 aliphatic rings. The van der Waals surface area contributed by atoms with Crippen molar-refractivity contribution in [1.82, 2.24) is 10.2 Å². The van der Waals surface area contributed by atoms with Crippen LogP contribution in [0.1, 0.15) is 212 Å². The van der Waals surface area contributed by atoms with Crippen LogP contribution in [0.2, 0.25) is 0 Å². The molecule has 9 aliphatic carbocycles. The molecule has 0 radical (unpaired) electrons. The van der Waals surface area contributed by atoms with E-state index < -0.39 is 0 Å². The molecule has 0 aromatic rings. The standard InChI is InChI=1S/C51H86N2/c1-4-15-36(16-5-1)34-52-35-37-17-14-22-42(31-37)53-49-32-39(38-18-6-2-7-19-38)27-29-45(49)46-30-28-41(33-50(46)53)51(40-20-8-3-9-21-40)47-25-12-10-23-43(47)44-24-11-13-26-48(44)51/h36-50,52H,1-35H2. The van der Waals surface area contributed by atoms with Gasteiger partial charge in [0.15, 0.2) is 0 Å². The van der Waals surface area contributed by atoms with Gasteiger partial charge in [-0.05, 0) is 199 Å². The van der Waals surface area contributed by atoms with Crippen LogP contribution in [0.5, 0.6) is 0 Å². The van der Waals surface area contributed by atoms with E-state index in [2.05, 4.69) is 10.2 Å². The summed E-state index contributed by atoms with van der Waals surface area (Å²) < 4.78 is 0. The van der Waals surface area contributed by atoms with Crippen molar-refractivity contribution in [3.05, 3.63) is 0 Å². The van der Waals surface area contributed by atoms with Gasteiger partial charge in [0.25, 0.3) is 0 Å². The summed E-state index contributed by atoms with van der Waals surface area (Å²) in [6.07, 6.45) is 51.8. The molecule has 10 rings (SSSR count). The van der Waals surface area contributed by atoms with Crippen LogP contribution in [0.4, 0.5) is 0 Å². The van der Waals surface area contributed by atoms with Crippen LogP contribution in [0.15, 0.2) is 0 Å². The Bertz CT molecular complexity index is 1140. The molecule has 10 fully saturated rings. The molecule has 0 amide bonds. The van der Waals surface area contributed by atoms with Gasteiger partial charge in [-0.15, -0.1) is 0 Å². The minimum absolute atomic E-state index is 0.726. The van der Waals surface area contributed by atoms with Gasteiger partial charge < -0.3 is 5.32 Å². The average Bonchev–Trinajstić information content (AvgIpc) is 3.72. The van der Waals surface area contributed by atoms with E-state index in [0.717, 1.165) is 94.6 Å². The van der Waals surface area contributed by atoms with Crippen LogP contribution < -0.4 is 5.32 Å². The molecule has 2 heteroatoms. The van der Waals surface area contributed by atoms with E-state index >= 15 is 0 Å². The fraction of sp³-hybridized carbons (Fsp3) is 1.00. The zero-order valence-electron chi connectivity index (χ0n) is 34.9. The first kappa shape index (κ1) is 37.2. The van der Waals surface area contributed by atoms with Gasteiger partial charge in [0.1, 0.15) is 0 Å². The van der Waals surface area contributed by atoms with Crippen molar-refractivity contribution in [2.24, 2.45) is 76.4 Å². The van der Waals surface area contributed by atoms with Gasteiger partial charge in [-0.2, -0.15) is 0 Å². The van der Waals surface area contributed by atoms with Crippen LogP contribution in [0.3, 0.4) is 0 Å². The Labute approximate surface area is 328 Å². The second-order valence-electron chi connectivity index (χ2n) is 22.7. The number of fused-ring (bicyclic) bond motifs is 6. The van der Waals surface area contributed by atoms with Crippen LogP contribution in [-0.4, -0.2) is 36.1 Å². The Kier molecular flexibility index (Phi) is 11.7. The fourth-order valence-corrected chi connectivity index (χ4v) is 18.9. The van der Waals surface area contributed by atoms with Crippen LogP contribution in [0.25, 0.3) is 0 Å². The molecule has 9 saturated carbocycles. The molecule has 12 unspecified atom stereocenters. The van der Waals surface area contributed by atoms with Crippen LogP contribution in [0, 0.1) is 76.4 Å². The summed E-state index contributed by atoms with van der Waals surface area (Å²) in [4.78, 5) is 3.50.